The molecule has 0 atom stereocenters. The Labute approximate surface area is 140 Å². The van der Waals surface area contributed by atoms with Gasteiger partial charge in [-0.25, -0.2) is 0 Å². The smallest absolute Gasteiger partial charge is 0.231 e. The molecule has 2 heterocycles. The van der Waals surface area contributed by atoms with Crippen LogP contribution in [0.2, 0.25) is 0 Å². The highest BCUT2D eigenvalue weighted by Gasteiger charge is 2.23. The molecule has 1 aromatic heterocycles. The molecule has 0 amide bonds. The maximum atomic E-state index is 5.56. The highest BCUT2D eigenvalue weighted by molar-refractivity contribution is 5.92. The third-order valence-corrected chi connectivity index (χ3v) is 3.84. The molecule has 0 radical (unpaired) electrons. The highest BCUT2D eigenvalue weighted by atomic mass is 35.5. The molecule has 0 spiro atoms. The van der Waals surface area contributed by atoms with Crippen molar-refractivity contribution in [1.29, 1.82) is 0 Å². The van der Waals surface area contributed by atoms with Crippen LogP contribution in [0.25, 0.3) is 10.8 Å². The van der Waals surface area contributed by atoms with Crippen LogP contribution < -0.4 is 31.2 Å². The molecule has 0 saturated heterocycles. The van der Waals surface area contributed by atoms with Crippen LogP contribution >= 0.6 is 0 Å². The zero-order chi connectivity index (χ0) is 14.9. The molecule has 4 rings (SSSR count). The Balaban J connectivity index is 0.00000156. The number of ether oxygens (including phenoxy) is 3. The number of halogens is 1. The number of fused-ring (bicyclic) bond motifs is 2. The summed E-state index contributed by atoms with van der Waals surface area (Å²) in [5.74, 6) is 2.16. The quantitative estimate of drug-likeness (QED) is 0.630. The SMILES string of the molecule is COc1c2c(cc3cc[n+](Cc4ccccc4)cc13)OCO2.[Cl-]. The first-order valence-electron chi connectivity index (χ1n) is 7.18. The van der Waals surface area contributed by atoms with E-state index in [1.165, 1.54) is 5.56 Å². The van der Waals surface area contributed by atoms with Gasteiger partial charge >= 0.3 is 0 Å². The second kappa shape index (κ2) is 6.34. The van der Waals surface area contributed by atoms with Crippen molar-refractivity contribution in [2.45, 2.75) is 6.54 Å². The van der Waals surface area contributed by atoms with E-state index in [0.29, 0.717) is 5.75 Å². The van der Waals surface area contributed by atoms with Crippen molar-refractivity contribution >= 4 is 10.8 Å². The monoisotopic (exact) mass is 329 g/mol. The van der Waals surface area contributed by atoms with Crippen molar-refractivity contribution in [2.75, 3.05) is 13.9 Å². The Morgan fingerprint density at radius 2 is 1.96 bits per heavy atom. The van der Waals surface area contributed by atoms with Crippen LogP contribution in [0.15, 0.2) is 54.9 Å². The van der Waals surface area contributed by atoms with E-state index >= 15 is 0 Å². The van der Waals surface area contributed by atoms with E-state index < -0.39 is 0 Å². The Kier molecular flexibility index (Phi) is 4.26. The second-order valence-corrected chi connectivity index (χ2v) is 5.25. The van der Waals surface area contributed by atoms with Gasteiger partial charge in [0.25, 0.3) is 0 Å². The summed E-state index contributed by atoms with van der Waals surface area (Å²) in [5, 5.41) is 2.09. The molecule has 0 N–H and O–H groups in total. The third kappa shape index (κ3) is 2.78. The summed E-state index contributed by atoms with van der Waals surface area (Å²) in [6, 6.07) is 14.4. The summed E-state index contributed by atoms with van der Waals surface area (Å²) in [5.41, 5.74) is 1.26. The number of pyridine rings is 1. The lowest BCUT2D eigenvalue weighted by Gasteiger charge is -2.08. The van der Waals surface area contributed by atoms with Gasteiger partial charge in [-0.15, -0.1) is 0 Å². The standard InChI is InChI=1S/C18H16NO3.ClH/c1-20-17-15-11-19(10-13-5-3-2-4-6-13)8-7-14(15)9-16-18(17)22-12-21-16;/h2-9,11H,10,12H2,1H3;1H/q+1;/p-1. The van der Waals surface area contributed by atoms with E-state index in [-0.39, 0.29) is 19.2 Å². The summed E-state index contributed by atoms with van der Waals surface area (Å²) in [4.78, 5) is 0. The predicted octanol–water partition coefficient (Wildman–Crippen LogP) is -0.0831. The van der Waals surface area contributed by atoms with Crippen LogP contribution in [0, 0.1) is 0 Å². The maximum absolute atomic E-state index is 5.56. The third-order valence-electron chi connectivity index (χ3n) is 3.84. The molecule has 3 aromatic rings. The number of hydrogen-bond donors (Lipinski definition) is 0. The molecule has 23 heavy (non-hydrogen) atoms. The lowest BCUT2D eigenvalue weighted by Crippen LogP contribution is -3.00. The molecule has 5 heteroatoms. The van der Waals surface area contributed by atoms with Crippen molar-refractivity contribution in [3.8, 4) is 17.2 Å². The molecule has 1 aliphatic rings. The fourth-order valence-corrected chi connectivity index (χ4v) is 2.80. The van der Waals surface area contributed by atoms with E-state index in [2.05, 4.69) is 47.3 Å². The summed E-state index contributed by atoms with van der Waals surface area (Å²) in [6.45, 7) is 1.06. The van der Waals surface area contributed by atoms with Crippen LogP contribution in [0.3, 0.4) is 0 Å². The molecular formula is C18H16ClNO3. The fourth-order valence-electron chi connectivity index (χ4n) is 2.80. The Hall–Kier alpha value is -2.46. The number of aromatic nitrogens is 1. The molecule has 1 aliphatic heterocycles. The van der Waals surface area contributed by atoms with Crippen LogP contribution in [-0.4, -0.2) is 13.9 Å². The Morgan fingerprint density at radius 1 is 1.13 bits per heavy atom. The molecule has 0 saturated carbocycles. The van der Waals surface area contributed by atoms with E-state index in [1.807, 2.05) is 12.1 Å². The van der Waals surface area contributed by atoms with Gasteiger partial charge < -0.3 is 26.6 Å². The lowest BCUT2D eigenvalue weighted by molar-refractivity contribution is -0.687. The van der Waals surface area contributed by atoms with Gasteiger partial charge in [0.15, 0.2) is 30.4 Å². The lowest BCUT2D eigenvalue weighted by atomic mass is 10.1. The average Bonchev–Trinajstić information content (AvgIpc) is 3.01. The summed E-state index contributed by atoms with van der Waals surface area (Å²) in [6.07, 6.45) is 4.15. The van der Waals surface area contributed by atoms with Gasteiger partial charge in [0, 0.05) is 17.0 Å². The van der Waals surface area contributed by atoms with Gasteiger partial charge in [0.1, 0.15) is 0 Å². The van der Waals surface area contributed by atoms with E-state index in [0.717, 1.165) is 28.8 Å². The van der Waals surface area contributed by atoms with Crippen LogP contribution in [0.1, 0.15) is 5.56 Å². The van der Waals surface area contributed by atoms with E-state index in [4.69, 9.17) is 14.2 Å². The minimum absolute atomic E-state index is 0. The topological polar surface area (TPSA) is 31.6 Å². The van der Waals surface area contributed by atoms with Gasteiger partial charge in [-0.1, -0.05) is 30.3 Å². The summed E-state index contributed by atoms with van der Waals surface area (Å²) < 4.78 is 18.7. The van der Waals surface area contributed by atoms with E-state index in [9.17, 15) is 0 Å². The molecule has 0 aliphatic carbocycles. The van der Waals surface area contributed by atoms with Crippen molar-refractivity contribution in [2.24, 2.45) is 0 Å². The Morgan fingerprint density at radius 3 is 2.74 bits per heavy atom. The summed E-state index contributed by atoms with van der Waals surface area (Å²) >= 11 is 0. The van der Waals surface area contributed by atoms with Crippen molar-refractivity contribution < 1.29 is 31.2 Å². The van der Waals surface area contributed by atoms with E-state index in [1.54, 1.807) is 7.11 Å². The molecule has 0 bridgehead atoms. The van der Waals surface area contributed by atoms with Crippen molar-refractivity contribution in [3.05, 3.63) is 60.4 Å². The average molecular weight is 330 g/mol. The zero-order valence-electron chi connectivity index (χ0n) is 12.7. The van der Waals surface area contributed by atoms with Crippen molar-refractivity contribution in [1.82, 2.24) is 0 Å². The van der Waals surface area contributed by atoms with Gasteiger partial charge in [-0.05, 0) is 6.07 Å². The fraction of sp³-hybridized carbons (Fsp3) is 0.167. The first kappa shape index (κ1) is 15.4. The van der Waals surface area contributed by atoms with Crippen molar-refractivity contribution in [3.63, 3.8) is 0 Å². The van der Waals surface area contributed by atoms with Crippen LogP contribution in [0.4, 0.5) is 0 Å². The predicted molar refractivity (Wildman–Crippen MR) is 82.4 cm³/mol. The Bertz CT molecular complexity index is 837. The molecule has 2 aromatic carbocycles. The second-order valence-electron chi connectivity index (χ2n) is 5.25. The number of hydrogen-bond acceptors (Lipinski definition) is 3. The molecule has 0 unspecified atom stereocenters. The molecule has 4 nitrogen and oxygen atoms in total. The molecular weight excluding hydrogens is 314 g/mol. The number of benzene rings is 2. The minimum atomic E-state index is 0. The first-order chi connectivity index (χ1) is 10.8. The summed E-state index contributed by atoms with van der Waals surface area (Å²) in [7, 11) is 1.66. The largest absolute Gasteiger partial charge is 1.00 e. The molecule has 118 valence electrons. The number of rotatable bonds is 3. The normalized spacial score (nSPS) is 12.0. The van der Waals surface area contributed by atoms with Gasteiger partial charge in [0.2, 0.25) is 12.5 Å². The van der Waals surface area contributed by atoms with Gasteiger partial charge in [-0.2, -0.15) is 4.57 Å². The van der Waals surface area contributed by atoms with Gasteiger partial charge in [-0.3, -0.25) is 0 Å². The zero-order valence-corrected chi connectivity index (χ0v) is 13.4. The van der Waals surface area contributed by atoms with Gasteiger partial charge in [0.05, 0.1) is 12.5 Å². The van der Waals surface area contributed by atoms with Crippen LogP contribution in [0.5, 0.6) is 17.2 Å². The number of methoxy groups -OCH3 is 1. The highest BCUT2D eigenvalue weighted by Crippen LogP contribution is 2.45. The minimum Gasteiger partial charge on any atom is -1.00 e. The van der Waals surface area contributed by atoms with Crippen LogP contribution in [-0.2, 0) is 6.54 Å². The molecule has 0 fully saturated rings. The maximum Gasteiger partial charge on any atom is 0.231 e. The first-order valence-corrected chi connectivity index (χ1v) is 7.18. The number of nitrogens with zero attached hydrogens (tertiary/aromatic N) is 1.